The summed E-state index contributed by atoms with van der Waals surface area (Å²) in [7, 11) is 0. The van der Waals surface area contributed by atoms with Crippen LogP contribution in [0.15, 0.2) is 79.3 Å². The van der Waals surface area contributed by atoms with Crippen molar-refractivity contribution in [1.29, 1.82) is 0 Å². The largest absolute Gasteiger partial charge is 0.478 e. The van der Waals surface area contributed by atoms with E-state index in [-0.39, 0.29) is 17.9 Å². The van der Waals surface area contributed by atoms with Crippen LogP contribution in [0.2, 0.25) is 0 Å². The second-order valence-electron chi connectivity index (χ2n) is 7.64. The first kappa shape index (κ1) is 20.3. The number of H-pyrrole nitrogens is 2. The summed E-state index contributed by atoms with van der Waals surface area (Å²) in [5, 5.41) is 14.4. The summed E-state index contributed by atoms with van der Waals surface area (Å²) in [4.78, 5) is 35.4. The first-order chi connectivity index (χ1) is 16.1. The highest BCUT2D eigenvalue weighted by atomic mass is 16.4. The lowest BCUT2D eigenvalue weighted by Gasteiger charge is -2.08. The quantitative estimate of drug-likeness (QED) is 0.285. The number of fused-ring (bicyclic) bond motifs is 2. The molecule has 3 heterocycles. The molecule has 0 radical (unpaired) electrons. The number of carboxylic acids is 1. The summed E-state index contributed by atoms with van der Waals surface area (Å²) in [6.07, 6.45) is 6.93. The number of hydrogen-bond acceptors (Lipinski definition) is 3. The predicted octanol–water partition coefficient (Wildman–Crippen LogP) is 4.85. The van der Waals surface area contributed by atoms with Crippen molar-refractivity contribution in [2.75, 3.05) is 5.32 Å². The van der Waals surface area contributed by atoms with E-state index in [2.05, 4.69) is 20.3 Å². The fourth-order valence-corrected chi connectivity index (χ4v) is 3.99. The number of hydrogen-bond donors (Lipinski definition) is 4. The topological polar surface area (TPSA) is 111 Å². The van der Waals surface area contributed by atoms with E-state index in [0.29, 0.717) is 27.8 Å². The van der Waals surface area contributed by atoms with Crippen molar-refractivity contribution < 1.29 is 14.7 Å². The molecule has 33 heavy (non-hydrogen) atoms. The SMILES string of the molecule is O=C(Cc1c[nH]c2ccccc12)Nc1ccnc2[nH]cc(/C=C(/C(=O)O)c3ccccc3)c12. The van der Waals surface area contributed by atoms with E-state index in [1.54, 1.807) is 48.8 Å². The number of aromatic nitrogens is 3. The number of aromatic amines is 2. The van der Waals surface area contributed by atoms with E-state index in [4.69, 9.17) is 0 Å². The van der Waals surface area contributed by atoms with E-state index >= 15 is 0 Å². The van der Waals surface area contributed by atoms with Gasteiger partial charge in [-0.25, -0.2) is 9.78 Å². The van der Waals surface area contributed by atoms with Gasteiger partial charge in [0.15, 0.2) is 0 Å². The molecule has 0 unspecified atom stereocenters. The number of amides is 1. The Balaban J connectivity index is 1.49. The highest BCUT2D eigenvalue weighted by Gasteiger charge is 2.16. The number of rotatable bonds is 6. The summed E-state index contributed by atoms with van der Waals surface area (Å²) >= 11 is 0. The van der Waals surface area contributed by atoms with E-state index in [1.165, 1.54) is 0 Å². The zero-order chi connectivity index (χ0) is 22.8. The minimum Gasteiger partial charge on any atom is -0.478 e. The van der Waals surface area contributed by atoms with Crippen LogP contribution >= 0.6 is 0 Å². The number of para-hydroxylation sites is 1. The average Bonchev–Trinajstić information content (AvgIpc) is 3.43. The average molecular weight is 436 g/mol. The molecular weight excluding hydrogens is 416 g/mol. The van der Waals surface area contributed by atoms with Gasteiger partial charge < -0.3 is 20.4 Å². The first-order valence-corrected chi connectivity index (χ1v) is 10.4. The van der Waals surface area contributed by atoms with Crippen LogP contribution < -0.4 is 5.32 Å². The molecule has 2 aromatic carbocycles. The third-order valence-corrected chi connectivity index (χ3v) is 5.52. The lowest BCUT2D eigenvalue weighted by molar-refractivity contribution is -0.130. The van der Waals surface area contributed by atoms with Gasteiger partial charge in [0.1, 0.15) is 5.65 Å². The summed E-state index contributed by atoms with van der Waals surface area (Å²) in [5.74, 6) is -1.21. The number of aliphatic carboxylic acids is 1. The molecule has 3 aromatic heterocycles. The van der Waals surface area contributed by atoms with Crippen LogP contribution in [0.4, 0.5) is 5.69 Å². The third kappa shape index (κ3) is 3.99. The van der Waals surface area contributed by atoms with E-state index in [0.717, 1.165) is 16.5 Å². The van der Waals surface area contributed by atoms with Gasteiger partial charge in [-0.05, 0) is 29.3 Å². The monoisotopic (exact) mass is 436 g/mol. The molecule has 7 heteroatoms. The van der Waals surface area contributed by atoms with E-state index in [9.17, 15) is 14.7 Å². The van der Waals surface area contributed by atoms with Gasteiger partial charge in [0.05, 0.1) is 17.7 Å². The molecule has 5 aromatic rings. The molecule has 1 amide bonds. The minimum absolute atomic E-state index is 0.149. The number of anilines is 1. The molecule has 0 saturated carbocycles. The second kappa shape index (κ2) is 8.47. The van der Waals surface area contributed by atoms with Gasteiger partial charge in [-0.15, -0.1) is 0 Å². The highest BCUT2D eigenvalue weighted by Crippen LogP contribution is 2.29. The van der Waals surface area contributed by atoms with Gasteiger partial charge in [0, 0.05) is 40.4 Å². The molecule has 0 fully saturated rings. The summed E-state index contributed by atoms with van der Waals surface area (Å²) < 4.78 is 0. The Morgan fingerprint density at radius 3 is 2.58 bits per heavy atom. The third-order valence-electron chi connectivity index (χ3n) is 5.52. The molecule has 0 aliphatic carbocycles. The Bertz CT molecular complexity index is 1510. The van der Waals surface area contributed by atoms with Crippen molar-refractivity contribution in [3.8, 4) is 0 Å². The van der Waals surface area contributed by atoms with Crippen LogP contribution in [0.1, 0.15) is 16.7 Å². The smallest absolute Gasteiger partial charge is 0.336 e. The standard InChI is InChI=1S/C26H20N4O3/c31-23(13-17-14-28-21-9-5-4-8-19(17)21)30-22-10-11-27-25-24(22)18(15-29-25)12-20(26(32)33)16-6-2-1-3-7-16/h1-12,14-15,28H,13H2,(H,32,33)(H2,27,29,30,31)/b20-12+. The van der Waals surface area contributed by atoms with Crippen LogP contribution in [0.5, 0.6) is 0 Å². The molecule has 7 nitrogen and oxygen atoms in total. The zero-order valence-electron chi connectivity index (χ0n) is 17.5. The molecule has 0 bridgehead atoms. The number of pyridine rings is 1. The Hall–Kier alpha value is -4.65. The lowest BCUT2D eigenvalue weighted by atomic mass is 10.0. The minimum atomic E-state index is -1.04. The Kier molecular flexibility index (Phi) is 5.20. The predicted molar refractivity (Wildman–Crippen MR) is 129 cm³/mol. The van der Waals surface area contributed by atoms with Crippen molar-refractivity contribution in [3.05, 3.63) is 95.9 Å². The molecular formula is C26H20N4O3. The Morgan fingerprint density at radius 2 is 1.76 bits per heavy atom. The van der Waals surface area contributed by atoms with Crippen molar-refractivity contribution >= 4 is 51.1 Å². The number of carbonyl (C=O) groups is 2. The van der Waals surface area contributed by atoms with Crippen molar-refractivity contribution in [2.45, 2.75) is 6.42 Å². The molecule has 0 aliphatic rings. The summed E-state index contributed by atoms with van der Waals surface area (Å²) in [6.45, 7) is 0. The number of benzene rings is 2. The molecule has 0 atom stereocenters. The Morgan fingerprint density at radius 1 is 0.970 bits per heavy atom. The Labute approximate surface area is 188 Å². The van der Waals surface area contributed by atoms with Gasteiger partial charge in [-0.3, -0.25) is 4.79 Å². The van der Waals surface area contributed by atoms with Crippen LogP contribution in [-0.4, -0.2) is 31.9 Å². The van der Waals surface area contributed by atoms with Crippen molar-refractivity contribution in [2.24, 2.45) is 0 Å². The van der Waals surface area contributed by atoms with E-state index in [1.807, 2.05) is 36.5 Å². The van der Waals surface area contributed by atoms with Gasteiger partial charge in [0.2, 0.25) is 5.91 Å². The molecule has 162 valence electrons. The zero-order valence-corrected chi connectivity index (χ0v) is 17.5. The molecule has 0 aliphatic heterocycles. The first-order valence-electron chi connectivity index (χ1n) is 10.4. The molecule has 5 rings (SSSR count). The van der Waals surface area contributed by atoms with Crippen LogP contribution in [0.3, 0.4) is 0 Å². The van der Waals surface area contributed by atoms with E-state index < -0.39 is 5.97 Å². The maximum Gasteiger partial charge on any atom is 0.336 e. The van der Waals surface area contributed by atoms with Gasteiger partial charge >= 0.3 is 5.97 Å². The van der Waals surface area contributed by atoms with Crippen LogP contribution in [-0.2, 0) is 16.0 Å². The maximum absolute atomic E-state index is 12.9. The van der Waals surface area contributed by atoms with Crippen LogP contribution in [0.25, 0.3) is 33.6 Å². The maximum atomic E-state index is 12.9. The van der Waals surface area contributed by atoms with Gasteiger partial charge in [-0.1, -0.05) is 48.5 Å². The summed E-state index contributed by atoms with van der Waals surface area (Å²) in [5.41, 5.74) is 4.37. The fraction of sp³-hybridized carbons (Fsp3) is 0.0385. The fourth-order valence-electron chi connectivity index (χ4n) is 3.99. The van der Waals surface area contributed by atoms with Crippen molar-refractivity contribution in [3.63, 3.8) is 0 Å². The molecule has 4 N–H and O–H groups in total. The van der Waals surface area contributed by atoms with Gasteiger partial charge in [-0.2, -0.15) is 0 Å². The highest BCUT2D eigenvalue weighted by molar-refractivity contribution is 6.22. The second-order valence-corrected chi connectivity index (χ2v) is 7.64. The number of nitrogens with zero attached hydrogens (tertiary/aromatic N) is 1. The number of nitrogens with one attached hydrogen (secondary N) is 3. The van der Waals surface area contributed by atoms with Crippen molar-refractivity contribution in [1.82, 2.24) is 15.0 Å². The normalized spacial score (nSPS) is 11.7. The number of carboxylic acid groups (broad SMARTS) is 1. The number of carbonyl (C=O) groups excluding carboxylic acids is 1. The molecule has 0 saturated heterocycles. The van der Waals surface area contributed by atoms with Crippen LogP contribution in [0, 0.1) is 0 Å². The summed E-state index contributed by atoms with van der Waals surface area (Å²) in [6, 6.07) is 18.4. The lowest BCUT2D eigenvalue weighted by Crippen LogP contribution is -2.14. The molecule has 0 spiro atoms. The van der Waals surface area contributed by atoms with Gasteiger partial charge in [0.25, 0.3) is 0 Å².